The van der Waals surface area contributed by atoms with Gasteiger partial charge in [-0.1, -0.05) is 17.7 Å². The van der Waals surface area contributed by atoms with E-state index in [1.165, 1.54) is 12.1 Å². The second kappa shape index (κ2) is 11.2. The van der Waals surface area contributed by atoms with Gasteiger partial charge in [-0.2, -0.15) is 0 Å². The number of ether oxygens (including phenoxy) is 2. The van der Waals surface area contributed by atoms with Crippen molar-refractivity contribution in [2.45, 2.75) is 13.0 Å². The summed E-state index contributed by atoms with van der Waals surface area (Å²) < 4.78 is 23.7. The van der Waals surface area contributed by atoms with Crippen molar-refractivity contribution < 1.29 is 23.5 Å². The lowest BCUT2D eigenvalue weighted by molar-refractivity contribution is -0.132. The molecule has 9 heteroatoms. The summed E-state index contributed by atoms with van der Waals surface area (Å²) in [5, 5.41) is 2.71. The van der Waals surface area contributed by atoms with Gasteiger partial charge in [-0.3, -0.25) is 14.5 Å². The molecule has 0 unspecified atom stereocenters. The first-order valence-electron chi connectivity index (χ1n) is 10.4. The van der Waals surface area contributed by atoms with Gasteiger partial charge in [-0.05, 0) is 35.9 Å². The van der Waals surface area contributed by atoms with Crippen molar-refractivity contribution in [3.05, 3.63) is 58.4 Å². The van der Waals surface area contributed by atoms with Crippen LogP contribution in [0.15, 0.2) is 36.4 Å². The Balaban J connectivity index is 1.42. The summed E-state index contributed by atoms with van der Waals surface area (Å²) in [5.41, 5.74) is 1.30. The van der Waals surface area contributed by atoms with Crippen LogP contribution in [-0.2, 0) is 11.3 Å². The fourth-order valence-electron chi connectivity index (χ4n) is 3.60. The highest BCUT2D eigenvalue weighted by molar-refractivity contribution is 6.33. The summed E-state index contributed by atoms with van der Waals surface area (Å²) >= 11 is 5.90. The minimum Gasteiger partial charge on any atom is -0.493 e. The number of piperazine rings is 1. The average Bonchev–Trinajstić information content (AvgIpc) is 2.79. The van der Waals surface area contributed by atoms with Crippen LogP contribution in [0.4, 0.5) is 4.39 Å². The number of carbonyl (C=O) groups is 2. The molecule has 0 aromatic heterocycles. The Morgan fingerprint density at radius 2 is 1.75 bits per heavy atom. The molecule has 0 radical (unpaired) electrons. The maximum atomic E-state index is 13.1. The number of hydrogen-bond donors (Lipinski definition) is 1. The van der Waals surface area contributed by atoms with E-state index in [0.717, 1.165) is 31.3 Å². The number of benzene rings is 2. The predicted molar refractivity (Wildman–Crippen MR) is 120 cm³/mol. The van der Waals surface area contributed by atoms with Crippen molar-refractivity contribution in [1.82, 2.24) is 15.1 Å². The maximum absolute atomic E-state index is 13.1. The summed E-state index contributed by atoms with van der Waals surface area (Å²) in [6.45, 7) is 3.73. The Labute approximate surface area is 192 Å². The van der Waals surface area contributed by atoms with Crippen LogP contribution in [0, 0.1) is 5.82 Å². The molecule has 2 amide bonds. The number of carbonyl (C=O) groups excluding carboxylic acids is 2. The summed E-state index contributed by atoms with van der Waals surface area (Å²) in [7, 11) is 3.22. The summed E-state index contributed by atoms with van der Waals surface area (Å²) in [4.78, 5) is 28.8. The molecule has 1 heterocycles. The van der Waals surface area contributed by atoms with Crippen molar-refractivity contribution in [2.75, 3.05) is 46.9 Å². The molecule has 0 aliphatic carbocycles. The van der Waals surface area contributed by atoms with Gasteiger partial charge in [0.05, 0.1) is 24.8 Å². The third-order valence-electron chi connectivity index (χ3n) is 5.38. The molecule has 1 aliphatic heterocycles. The largest absolute Gasteiger partial charge is 0.493 e. The van der Waals surface area contributed by atoms with Crippen LogP contribution < -0.4 is 14.8 Å². The number of nitrogens with zero attached hydrogens (tertiary/aromatic N) is 2. The molecule has 32 heavy (non-hydrogen) atoms. The lowest BCUT2D eigenvalue weighted by Crippen LogP contribution is -2.48. The van der Waals surface area contributed by atoms with Crippen LogP contribution in [0.2, 0.25) is 5.02 Å². The van der Waals surface area contributed by atoms with Crippen LogP contribution in [0.3, 0.4) is 0 Å². The van der Waals surface area contributed by atoms with Gasteiger partial charge in [0.25, 0.3) is 5.91 Å². The van der Waals surface area contributed by atoms with Gasteiger partial charge in [0.1, 0.15) is 5.82 Å². The van der Waals surface area contributed by atoms with Gasteiger partial charge in [0, 0.05) is 45.7 Å². The molecule has 1 N–H and O–H groups in total. The van der Waals surface area contributed by atoms with E-state index in [4.69, 9.17) is 21.1 Å². The molecule has 3 rings (SSSR count). The average molecular weight is 464 g/mol. The normalized spacial score (nSPS) is 14.2. The Bertz CT molecular complexity index is 964. The van der Waals surface area contributed by atoms with E-state index in [-0.39, 0.29) is 29.5 Å². The summed E-state index contributed by atoms with van der Waals surface area (Å²) in [6, 6.07) is 9.45. The molecule has 1 fully saturated rings. The molecule has 0 saturated carbocycles. The molecular weight excluding hydrogens is 437 g/mol. The molecule has 0 atom stereocenters. The minimum absolute atomic E-state index is 0.0127. The second-order valence-electron chi connectivity index (χ2n) is 7.48. The predicted octanol–water partition coefficient (Wildman–Crippen LogP) is 2.96. The molecule has 2 aromatic rings. The fourth-order valence-corrected chi connectivity index (χ4v) is 3.86. The second-order valence-corrected chi connectivity index (χ2v) is 7.88. The molecule has 1 saturated heterocycles. The first-order chi connectivity index (χ1) is 15.4. The molecule has 172 valence electrons. The maximum Gasteiger partial charge on any atom is 0.252 e. The van der Waals surface area contributed by atoms with E-state index < -0.39 is 11.7 Å². The SMILES string of the molecule is COc1ccc(CN2CCN(C(=O)CCNC(=O)c3ccc(F)cc3Cl)CC2)cc1OC. The Hall–Kier alpha value is -2.84. The molecule has 7 nitrogen and oxygen atoms in total. The summed E-state index contributed by atoms with van der Waals surface area (Å²) in [6.07, 6.45) is 0.195. The Kier molecular flexibility index (Phi) is 8.30. The zero-order valence-electron chi connectivity index (χ0n) is 18.2. The molecule has 1 aliphatic rings. The zero-order chi connectivity index (χ0) is 23.1. The van der Waals surface area contributed by atoms with Gasteiger partial charge in [-0.25, -0.2) is 4.39 Å². The number of amides is 2. The van der Waals surface area contributed by atoms with Gasteiger partial charge in [0.2, 0.25) is 5.91 Å². The smallest absolute Gasteiger partial charge is 0.252 e. The van der Waals surface area contributed by atoms with Crippen LogP contribution >= 0.6 is 11.6 Å². The first-order valence-corrected chi connectivity index (χ1v) is 10.7. The highest BCUT2D eigenvalue weighted by Crippen LogP contribution is 2.28. The standard InChI is InChI=1S/C23H27ClFN3O4/c1-31-20-6-3-16(13-21(20)32-2)15-27-9-11-28(12-10-27)22(29)7-8-26-23(30)18-5-4-17(25)14-19(18)24/h3-6,13-14H,7-12,15H2,1-2H3,(H,26,30). The van der Waals surface area contributed by atoms with Gasteiger partial charge < -0.3 is 19.7 Å². The molecule has 2 aromatic carbocycles. The summed E-state index contributed by atoms with van der Waals surface area (Å²) in [5.74, 6) is 0.444. The molecular formula is C23H27ClFN3O4. The molecule has 0 bridgehead atoms. The fraction of sp³-hybridized carbons (Fsp3) is 0.391. The minimum atomic E-state index is -0.507. The monoisotopic (exact) mass is 463 g/mol. The van der Waals surface area contributed by atoms with Crippen LogP contribution in [-0.4, -0.2) is 68.6 Å². The quantitative estimate of drug-likeness (QED) is 0.651. The van der Waals surface area contributed by atoms with E-state index in [1.807, 2.05) is 23.1 Å². The van der Waals surface area contributed by atoms with Crippen LogP contribution in [0.5, 0.6) is 11.5 Å². The van der Waals surface area contributed by atoms with Crippen LogP contribution in [0.1, 0.15) is 22.3 Å². The number of hydrogen-bond acceptors (Lipinski definition) is 5. The van der Waals surface area contributed by atoms with E-state index in [0.29, 0.717) is 24.6 Å². The third-order valence-corrected chi connectivity index (χ3v) is 5.69. The van der Waals surface area contributed by atoms with Crippen molar-refractivity contribution >= 4 is 23.4 Å². The first kappa shape index (κ1) is 23.8. The van der Waals surface area contributed by atoms with Gasteiger partial charge in [-0.15, -0.1) is 0 Å². The Morgan fingerprint density at radius 3 is 2.41 bits per heavy atom. The highest BCUT2D eigenvalue weighted by Gasteiger charge is 2.21. The Morgan fingerprint density at radius 1 is 1.03 bits per heavy atom. The lowest BCUT2D eigenvalue weighted by atomic mass is 10.1. The van der Waals surface area contributed by atoms with Gasteiger partial charge in [0.15, 0.2) is 11.5 Å². The van der Waals surface area contributed by atoms with Crippen molar-refractivity contribution in [3.8, 4) is 11.5 Å². The number of rotatable bonds is 8. The van der Waals surface area contributed by atoms with Gasteiger partial charge >= 0.3 is 0 Å². The van der Waals surface area contributed by atoms with E-state index in [1.54, 1.807) is 14.2 Å². The van der Waals surface area contributed by atoms with E-state index in [2.05, 4.69) is 10.2 Å². The van der Waals surface area contributed by atoms with Crippen molar-refractivity contribution in [1.29, 1.82) is 0 Å². The van der Waals surface area contributed by atoms with Crippen molar-refractivity contribution in [2.24, 2.45) is 0 Å². The number of nitrogens with one attached hydrogen (secondary N) is 1. The number of methoxy groups -OCH3 is 2. The number of halogens is 2. The van der Waals surface area contributed by atoms with Crippen LogP contribution in [0.25, 0.3) is 0 Å². The lowest BCUT2D eigenvalue weighted by Gasteiger charge is -2.35. The van der Waals surface area contributed by atoms with E-state index in [9.17, 15) is 14.0 Å². The molecule has 0 spiro atoms. The topological polar surface area (TPSA) is 71.1 Å². The highest BCUT2D eigenvalue weighted by atomic mass is 35.5. The third kappa shape index (κ3) is 6.11. The zero-order valence-corrected chi connectivity index (χ0v) is 19.0. The van der Waals surface area contributed by atoms with E-state index >= 15 is 0 Å². The van der Waals surface area contributed by atoms with Crippen molar-refractivity contribution in [3.63, 3.8) is 0 Å².